The molecule has 0 saturated carbocycles. The minimum Gasteiger partial charge on any atom is -0.475 e. The molecule has 1 heterocycles. The molecule has 0 radical (unpaired) electrons. The van der Waals surface area contributed by atoms with Crippen molar-refractivity contribution in [2.45, 2.75) is 6.36 Å². The van der Waals surface area contributed by atoms with Gasteiger partial charge < -0.3 is 9.84 Å². The molecular weight excluding hydrogens is 339 g/mol. The Balaban J connectivity index is 2.01. The highest BCUT2D eigenvalue weighted by Gasteiger charge is 2.32. The summed E-state index contributed by atoms with van der Waals surface area (Å²) in [5.41, 5.74) is 1.12. The Hall–Kier alpha value is -3.36. The molecule has 0 fully saturated rings. The molecule has 3 aromatic rings. The number of rotatable bonds is 4. The average molecular weight is 349 g/mol. The van der Waals surface area contributed by atoms with E-state index < -0.39 is 12.3 Å². The number of carbonyl (C=O) groups is 1. The Morgan fingerprint density at radius 3 is 2.48 bits per heavy atom. The molecule has 1 aromatic heterocycles. The predicted octanol–water partition coefficient (Wildman–Crippen LogP) is 3.74. The molecule has 0 aliphatic rings. The lowest BCUT2D eigenvalue weighted by molar-refractivity contribution is -0.274. The monoisotopic (exact) mass is 349 g/mol. The van der Waals surface area contributed by atoms with Crippen LogP contribution >= 0.6 is 0 Å². The molecule has 3 rings (SSSR count). The lowest BCUT2D eigenvalue weighted by atomic mass is 10.0. The first-order chi connectivity index (χ1) is 11.8. The Morgan fingerprint density at radius 1 is 1.08 bits per heavy atom. The average Bonchev–Trinajstić information content (AvgIpc) is 3.04. The molecule has 25 heavy (non-hydrogen) atoms. The Kier molecular flexibility index (Phi) is 4.14. The van der Waals surface area contributed by atoms with E-state index in [1.807, 2.05) is 0 Å². The van der Waals surface area contributed by atoms with Crippen LogP contribution < -0.4 is 4.74 Å². The molecular formula is C16H10F3N3O3. The van der Waals surface area contributed by atoms with E-state index in [0.717, 1.165) is 0 Å². The molecule has 0 bridgehead atoms. The number of benzene rings is 2. The van der Waals surface area contributed by atoms with Crippen molar-refractivity contribution in [2.24, 2.45) is 0 Å². The van der Waals surface area contributed by atoms with Gasteiger partial charge in [-0.25, -0.2) is 9.78 Å². The Labute approximate surface area is 138 Å². The van der Waals surface area contributed by atoms with Crippen molar-refractivity contribution < 1.29 is 27.8 Å². The second-order valence-electron chi connectivity index (χ2n) is 4.94. The fraction of sp³-hybridized carbons (Fsp3) is 0.0625. The topological polar surface area (TPSA) is 88.1 Å². The van der Waals surface area contributed by atoms with Gasteiger partial charge in [0.05, 0.1) is 0 Å². The van der Waals surface area contributed by atoms with Gasteiger partial charge in [0, 0.05) is 11.1 Å². The number of carboxylic acid groups (broad SMARTS) is 1. The van der Waals surface area contributed by atoms with Crippen LogP contribution in [0.1, 0.15) is 10.6 Å². The van der Waals surface area contributed by atoms with Crippen LogP contribution in [0.25, 0.3) is 22.5 Å². The summed E-state index contributed by atoms with van der Waals surface area (Å²) in [5.74, 6) is -1.82. The van der Waals surface area contributed by atoms with Crippen molar-refractivity contribution in [1.29, 1.82) is 0 Å². The summed E-state index contributed by atoms with van der Waals surface area (Å²) < 4.78 is 41.7. The second-order valence-corrected chi connectivity index (χ2v) is 4.94. The molecule has 9 heteroatoms. The number of nitrogens with zero attached hydrogens (tertiary/aromatic N) is 2. The van der Waals surface area contributed by atoms with Gasteiger partial charge in [-0.05, 0) is 17.7 Å². The van der Waals surface area contributed by atoms with Gasteiger partial charge in [0.25, 0.3) is 0 Å². The van der Waals surface area contributed by atoms with E-state index in [2.05, 4.69) is 19.9 Å². The van der Waals surface area contributed by atoms with Crippen molar-refractivity contribution >= 4 is 5.97 Å². The zero-order valence-corrected chi connectivity index (χ0v) is 12.4. The molecule has 2 aromatic carbocycles. The first-order valence-electron chi connectivity index (χ1n) is 6.95. The fourth-order valence-corrected chi connectivity index (χ4v) is 2.23. The van der Waals surface area contributed by atoms with Crippen molar-refractivity contribution in [3.05, 3.63) is 54.4 Å². The summed E-state index contributed by atoms with van der Waals surface area (Å²) in [6.07, 6.45) is -4.81. The lowest BCUT2D eigenvalue weighted by Crippen LogP contribution is -2.17. The predicted molar refractivity (Wildman–Crippen MR) is 80.9 cm³/mol. The van der Waals surface area contributed by atoms with Gasteiger partial charge in [0.15, 0.2) is 5.82 Å². The highest BCUT2D eigenvalue weighted by atomic mass is 19.4. The number of para-hydroxylation sites is 1. The fourth-order valence-electron chi connectivity index (χ4n) is 2.23. The van der Waals surface area contributed by atoms with E-state index >= 15 is 0 Å². The summed E-state index contributed by atoms with van der Waals surface area (Å²) in [4.78, 5) is 14.7. The first-order valence-corrected chi connectivity index (χ1v) is 6.95. The molecule has 0 aliphatic heterocycles. The Morgan fingerprint density at radius 2 is 1.80 bits per heavy atom. The Bertz CT molecular complexity index is 922. The number of H-pyrrole nitrogens is 1. The number of nitrogens with one attached hydrogen (secondary N) is 1. The summed E-state index contributed by atoms with van der Waals surface area (Å²) in [6, 6.07) is 12.1. The lowest BCUT2D eigenvalue weighted by Gasteiger charge is -2.13. The van der Waals surface area contributed by atoms with Crippen LogP contribution in [0.15, 0.2) is 48.5 Å². The van der Waals surface area contributed by atoms with E-state index in [1.165, 1.54) is 18.2 Å². The van der Waals surface area contributed by atoms with Gasteiger partial charge in [-0.1, -0.05) is 36.4 Å². The maximum atomic E-state index is 12.6. The summed E-state index contributed by atoms with van der Waals surface area (Å²) in [5, 5.41) is 14.9. The number of hydrogen-bond donors (Lipinski definition) is 2. The van der Waals surface area contributed by atoms with Crippen LogP contribution in [0.5, 0.6) is 5.75 Å². The van der Waals surface area contributed by atoms with Gasteiger partial charge in [-0.3, -0.25) is 5.10 Å². The van der Waals surface area contributed by atoms with Crippen molar-refractivity contribution in [3.63, 3.8) is 0 Å². The van der Waals surface area contributed by atoms with Crippen LogP contribution in [0.2, 0.25) is 0 Å². The summed E-state index contributed by atoms with van der Waals surface area (Å²) >= 11 is 0. The number of ether oxygens (including phenoxy) is 1. The van der Waals surface area contributed by atoms with Crippen molar-refractivity contribution in [1.82, 2.24) is 15.2 Å². The minimum atomic E-state index is -4.81. The van der Waals surface area contributed by atoms with E-state index in [-0.39, 0.29) is 23.0 Å². The largest absolute Gasteiger partial charge is 0.573 e. The summed E-state index contributed by atoms with van der Waals surface area (Å²) in [7, 11) is 0. The van der Waals surface area contributed by atoms with Gasteiger partial charge in [-0.2, -0.15) is 5.10 Å². The first kappa shape index (κ1) is 16.5. The third kappa shape index (κ3) is 3.77. The number of carboxylic acids is 1. The van der Waals surface area contributed by atoms with E-state index in [0.29, 0.717) is 11.1 Å². The van der Waals surface area contributed by atoms with E-state index in [1.54, 1.807) is 30.3 Å². The number of aromatic amines is 1. The zero-order valence-electron chi connectivity index (χ0n) is 12.4. The number of alkyl halides is 3. The minimum absolute atomic E-state index is 0.119. The van der Waals surface area contributed by atoms with Crippen LogP contribution in [0.3, 0.4) is 0 Å². The SMILES string of the molecule is O=C(O)c1nc(-c2cccc(-c3ccccc3OC(F)(F)F)c2)n[nH]1. The van der Waals surface area contributed by atoms with E-state index in [4.69, 9.17) is 5.11 Å². The molecule has 0 unspecified atom stereocenters. The molecule has 0 aliphatic carbocycles. The third-order valence-electron chi connectivity index (χ3n) is 3.23. The normalized spacial score (nSPS) is 11.3. The van der Waals surface area contributed by atoms with Crippen LogP contribution in [-0.2, 0) is 0 Å². The molecule has 0 spiro atoms. The van der Waals surface area contributed by atoms with Crippen LogP contribution in [-0.4, -0.2) is 32.6 Å². The number of halogens is 3. The molecule has 2 N–H and O–H groups in total. The highest BCUT2D eigenvalue weighted by molar-refractivity contribution is 5.84. The summed E-state index contributed by atoms with van der Waals surface area (Å²) in [6.45, 7) is 0. The number of aromatic carboxylic acids is 1. The van der Waals surface area contributed by atoms with Gasteiger partial charge in [0.2, 0.25) is 5.82 Å². The molecule has 6 nitrogen and oxygen atoms in total. The van der Waals surface area contributed by atoms with Crippen molar-refractivity contribution in [2.75, 3.05) is 0 Å². The van der Waals surface area contributed by atoms with Gasteiger partial charge in [-0.15, -0.1) is 13.2 Å². The standard InChI is InChI=1S/C16H10F3N3O3/c17-16(18,19)25-12-7-2-1-6-11(12)9-4-3-5-10(8-9)13-20-14(15(23)24)22-21-13/h1-8H,(H,23,24)(H,20,21,22). The highest BCUT2D eigenvalue weighted by Crippen LogP contribution is 2.34. The molecule has 128 valence electrons. The van der Waals surface area contributed by atoms with Crippen LogP contribution in [0.4, 0.5) is 13.2 Å². The van der Waals surface area contributed by atoms with Crippen LogP contribution in [0, 0.1) is 0 Å². The number of hydrogen-bond acceptors (Lipinski definition) is 4. The van der Waals surface area contributed by atoms with Crippen molar-refractivity contribution in [3.8, 4) is 28.3 Å². The smallest absolute Gasteiger partial charge is 0.475 e. The van der Waals surface area contributed by atoms with Gasteiger partial charge in [0.1, 0.15) is 5.75 Å². The molecule has 0 atom stereocenters. The second kappa shape index (κ2) is 6.27. The maximum Gasteiger partial charge on any atom is 0.573 e. The van der Waals surface area contributed by atoms with E-state index in [9.17, 15) is 18.0 Å². The zero-order chi connectivity index (χ0) is 18.0. The quantitative estimate of drug-likeness (QED) is 0.749. The molecule has 0 saturated heterocycles. The van der Waals surface area contributed by atoms with Gasteiger partial charge >= 0.3 is 12.3 Å². The molecule has 0 amide bonds. The third-order valence-corrected chi connectivity index (χ3v) is 3.23. The maximum absolute atomic E-state index is 12.6. The number of aromatic nitrogens is 3.